The number of hydrogen-bond acceptors (Lipinski definition) is 24. The van der Waals surface area contributed by atoms with Gasteiger partial charge < -0.3 is 110 Å². The number of aliphatic hydroxyl groups is 8. The SMILES string of the molecule is CC(=O)NC1[C@H](OCCCCC(=O)NCC(=O)N2CCC(CO)(COP(O)(=S)OCOP(O)(=S)OCC3(CO)CCN(C(=O)CNC(=O)CCCCO[C@@H]4OC(CO)[C@H](O)[C@H](O)C4NC(C)=O)CC3)CC2)OC(CO)[C@H](O)[C@@H]1O. The predicted octanol–water partition coefficient (Wildman–Crippen LogP) is -4.86. The van der Waals surface area contributed by atoms with Crippen molar-refractivity contribution in [2.75, 3.05) is 98.9 Å². The first-order valence-electron chi connectivity index (χ1n) is 25.9. The smallest absolute Gasteiger partial charge is 0.326 e. The molecule has 0 aliphatic carbocycles. The Morgan fingerprint density at radius 3 is 1.24 bits per heavy atom. The summed E-state index contributed by atoms with van der Waals surface area (Å²) >= 11 is 10.2. The van der Waals surface area contributed by atoms with E-state index in [1.807, 2.05) is 0 Å². The van der Waals surface area contributed by atoms with Gasteiger partial charge in [-0.15, -0.1) is 0 Å². The topological polar surface area (TPSA) is 433 Å². The summed E-state index contributed by atoms with van der Waals surface area (Å²) in [6.45, 7) is -8.66. The van der Waals surface area contributed by atoms with Gasteiger partial charge in [-0.05, 0) is 75.0 Å². The molecule has 0 bridgehead atoms. The van der Waals surface area contributed by atoms with Crippen molar-refractivity contribution in [1.82, 2.24) is 31.1 Å². The summed E-state index contributed by atoms with van der Waals surface area (Å²) in [6, 6.07) is -2.19. The fourth-order valence-corrected chi connectivity index (χ4v) is 11.0. The Bertz CT molecular complexity index is 1940. The first kappa shape index (κ1) is 68.9. The van der Waals surface area contributed by atoms with Crippen LogP contribution in [0.5, 0.6) is 0 Å². The molecule has 0 aromatic carbocycles. The number of piperidine rings is 2. The molecule has 79 heavy (non-hydrogen) atoms. The zero-order valence-corrected chi connectivity index (χ0v) is 47.7. The summed E-state index contributed by atoms with van der Waals surface area (Å²) in [4.78, 5) is 98.6. The number of rotatable bonds is 32. The van der Waals surface area contributed by atoms with Crippen molar-refractivity contribution in [1.29, 1.82) is 0 Å². The zero-order valence-electron chi connectivity index (χ0n) is 44.2. The maximum Gasteiger partial charge on any atom is 0.326 e. The van der Waals surface area contributed by atoms with E-state index in [0.717, 1.165) is 0 Å². The monoisotopic (exact) mass is 1210 g/mol. The van der Waals surface area contributed by atoms with Gasteiger partial charge in [-0.25, -0.2) is 0 Å². The molecule has 0 spiro atoms. The van der Waals surface area contributed by atoms with Gasteiger partial charge in [-0.1, -0.05) is 0 Å². The number of carbonyl (C=O) groups excluding carboxylic acids is 6. The molecule has 12 atom stereocenters. The van der Waals surface area contributed by atoms with Crippen LogP contribution in [0.2, 0.25) is 0 Å². The molecule has 4 aliphatic rings. The maximum atomic E-state index is 13.0. The quantitative estimate of drug-likeness (QED) is 0.0171. The van der Waals surface area contributed by atoms with Gasteiger partial charge in [0.15, 0.2) is 19.4 Å². The van der Waals surface area contributed by atoms with E-state index in [0.29, 0.717) is 25.7 Å². The molecule has 30 nitrogen and oxygen atoms in total. The average molecular weight is 1220 g/mol. The Kier molecular flexibility index (Phi) is 28.8. The Labute approximate surface area is 467 Å². The number of ether oxygens (including phenoxy) is 4. The first-order chi connectivity index (χ1) is 37.3. The van der Waals surface area contributed by atoms with E-state index in [4.69, 9.17) is 60.7 Å². The van der Waals surface area contributed by atoms with Crippen LogP contribution in [0.15, 0.2) is 0 Å². The van der Waals surface area contributed by atoms with Gasteiger partial charge >= 0.3 is 13.4 Å². The number of nitrogens with one attached hydrogen (secondary N) is 4. The van der Waals surface area contributed by atoms with Crippen LogP contribution in [0, 0.1) is 10.8 Å². The van der Waals surface area contributed by atoms with Crippen molar-refractivity contribution in [3.63, 3.8) is 0 Å². The number of unbranched alkanes of at least 4 members (excludes halogenated alkanes) is 2. The zero-order chi connectivity index (χ0) is 58.6. The van der Waals surface area contributed by atoms with Gasteiger partial charge in [-0.2, -0.15) is 0 Å². The molecule has 4 heterocycles. The van der Waals surface area contributed by atoms with Crippen LogP contribution in [-0.4, -0.2) is 256 Å². The number of amides is 6. The van der Waals surface area contributed by atoms with E-state index in [1.54, 1.807) is 0 Å². The third kappa shape index (κ3) is 22.2. The van der Waals surface area contributed by atoms with Gasteiger partial charge in [0.1, 0.15) is 48.7 Å². The van der Waals surface area contributed by atoms with Crippen LogP contribution < -0.4 is 21.3 Å². The lowest BCUT2D eigenvalue weighted by Crippen LogP contribution is -2.64. The van der Waals surface area contributed by atoms with Crippen LogP contribution in [0.25, 0.3) is 0 Å². The summed E-state index contributed by atoms with van der Waals surface area (Å²) in [5.41, 5.74) is -1.83. The van der Waals surface area contributed by atoms with Gasteiger partial charge in [0.25, 0.3) is 0 Å². The minimum Gasteiger partial charge on any atom is -0.396 e. The van der Waals surface area contributed by atoms with Crippen LogP contribution in [0.3, 0.4) is 0 Å². The van der Waals surface area contributed by atoms with E-state index in [9.17, 15) is 79.4 Å². The highest BCUT2D eigenvalue weighted by Crippen LogP contribution is 2.51. The van der Waals surface area contributed by atoms with Crippen molar-refractivity contribution in [2.24, 2.45) is 10.8 Å². The second-order valence-corrected chi connectivity index (χ2v) is 25.7. The van der Waals surface area contributed by atoms with Gasteiger partial charge in [0, 0.05) is 76.9 Å². The van der Waals surface area contributed by atoms with Crippen molar-refractivity contribution in [3.8, 4) is 0 Å². The molecule has 456 valence electrons. The fraction of sp³-hybridized carbons (Fsp3) is 0.867. The largest absolute Gasteiger partial charge is 0.396 e. The Hall–Kier alpha value is -2.60. The van der Waals surface area contributed by atoms with E-state index < -0.39 is 129 Å². The molecule has 6 amide bonds. The maximum absolute atomic E-state index is 13.0. The van der Waals surface area contributed by atoms with E-state index in [-0.39, 0.29) is 129 Å². The Balaban J connectivity index is 1.07. The van der Waals surface area contributed by atoms with E-state index in [2.05, 4.69) is 21.3 Å². The van der Waals surface area contributed by atoms with Crippen LogP contribution in [0.4, 0.5) is 0 Å². The fourth-order valence-electron chi connectivity index (χ4n) is 8.97. The number of hydrogen-bond donors (Lipinski definition) is 14. The summed E-state index contributed by atoms with van der Waals surface area (Å²) in [6.07, 6.45) is -7.91. The second kappa shape index (κ2) is 33.0. The average Bonchev–Trinajstić information content (AvgIpc) is 3.43. The molecule has 4 rings (SSSR count). The molecule has 4 fully saturated rings. The van der Waals surface area contributed by atoms with Crippen LogP contribution in [-0.2, 0) is 89.4 Å². The van der Waals surface area contributed by atoms with Gasteiger partial charge in [0.2, 0.25) is 35.4 Å². The number of aliphatic hydroxyl groups excluding tert-OH is 8. The van der Waals surface area contributed by atoms with E-state index >= 15 is 0 Å². The van der Waals surface area contributed by atoms with E-state index in [1.165, 1.54) is 23.6 Å². The standard InChI is InChI=1S/C45H80N6O24P2S2/c1-28(56)48-36-40(64)38(62)30(21-52)74-42(36)68-17-5-3-7-32(58)46-19-34(60)50-13-9-44(23-54,10-14-50)25-70-76(66,78)72-27-73-77(67,79)71-26-45(24-55)11-15-51(16-12-45)35(61)20-47-33(59)8-4-6-18-69-43-37(49-29(2)57)41(65)39(63)31(22-53)75-43/h30-31,36-43,52-55,62-65H,3-27H2,1-2H3,(H,46,58)(H,47,59)(H,48,56)(H,49,57)(H,66,78)(H,67,79)/t30?,31?,36?,37?,38-,39-,40+,41+,42+,43+,76?,77?/m0/s1. The van der Waals surface area contributed by atoms with Gasteiger partial charge in [-0.3, -0.25) is 37.8 Å². The van der Waals surface area contributed by atoms with Gasteiger partial charge in [0.05, 0.1) is 52.7 Å². The second-order valence-electron chi connectivity index (χ2n) is 20.0. The lowest BCUT2D eigenvalue weighted by molar-refractivity contribution is -0.270. The lowest BCUT2D eigenvalue weighted by atomic mass is 9.80. The Morgan fingerprint density at radius 2 is 0.924 bits per heavy atom. The predicted molar refractivity (Wildman–Crippen MR) is 279 cm³/mol. The minimum atomic E-state index is -4.04. The highest BCUT2D eigenvalue weighted by Gasteiger charge is 2.47. The van der Waals surface area contributed by atoms with Crippen molar-refractivity contribution < 1.29 is 116 Å². The third-order valence-electron chi connectivity index (χ3n) is 14.1. The van der Waals surface area contributed by atoms with Crippen LogP contribution >= 0.6 is 13.4 Å². The lowest BCUT2D eigenvalue weighted by Gasteiger charge is -2.42. The number of likely N-dealkylation sites (tertiary alicyclic amines) is 2. The summed E-state index contributed by atoms with van der Waals surface area (Å²) in [7, 11) is 0. The minimum absolute atomic E-state index is 0.0515. The molecule has 0 aromatic heterocycles. The number of nitrogens with zero attached hydrogens (tertiary/aromatic N) is 2. The summed E-state index contributed by atoms with van der Waals surface area (Å²) in [5, 5.41) is 90.7. The molecule has 4 saturated heterocycles. The summed E-state index contributed by atoms with van der Waals surface area (Å²) < 4.78 is 43.8. The molecule has 4 aliphatic heterocycles. The van der Waals surface area contributed by atoms with Crippen molar-refractivity contribution in [3.05, 3.63) is 0 Å². The molecule has 6 unspecified atom stereocenters. The highest BCUT2D eigenvalue weighted by molar-refractivity contribution is 8.07. The molecular weight excluding hydrogens is 1130 g/mol. The molecular formula is C45H80N6O24P2S2. The molecule has 34 heteroatoms. The highest BCUT2D eigenvalue weighted by atomic mass is 32.5. The molecule has 14 N–H and O–H groups in total. The van der Waals surface area contributed by atoms with Crippen molar-refractivity contribution in [2.45, 2.75) is 139 Å². The summed E-state index contributed by atoms with van der Waals surface area (Å²) in [5.74, 6) is -2.52. The normalized spacial score (nSPS) is 28.4. The van der Waals surface area contributed by atoms with Crippen molar-refractivity contribution >= 4 is 72.5 Å². The number of carbonyl (C=O) groups is 6. The Morgan fingerprint density at radius 1 is 0.570 bits per heavy atom. The third-order valence-corrected chi connectivity index (χ3v) is 17.1. The molecule has 0 saturated carbocycles. The first-order valence-corrected chi connectivity index (χ1v) is 31.1. The molecule has 0 aromatic rings. The van der Waals surface area contributed by atoms with Crippen LogP contribution in [0.1, 0.15) is 78.1 Å². The molecule has 0 radical (unpaired) electrons.